The van der Waals surface area contributed by atoms with Gasteiger partial charge in [-0.05, 0) is 33.1 Å². The smallest absolute Gasteiger partial charge is 0.410 e. The van der Waals surface area contributed by atoms with E-state index in [9.17, 15) is 4.79 Å². The fourth-order valence-electron chi connectivity index (χ4n) is 2.13. The van der Waals surface area contributed by atoms with Gasteiger partial charge in [0.05, 0.1) is 6.04 Å². The lowest BCUT2D eigenvalue weighted by atomic mass is 10.1. The van der Waals surface area contributed by atoms with Gasteiger partial charge in [0.25, 0.3) is 0 Å². The molecule has 1 aliphatic rings. The van der Waals surface area contributed by atoms with Crippen LogP contribution in [0.5, 0.6) is 0 Å². The number of likely N-dealkylation sites (tertiary alicyclic amines) is 1. The summed E-state index contributed by atoms with van der Waals surface area (Å²) in [6, 6.07) is 0.209. The number of rotatable bonds is 7. The Morgan fingerprint density at radius 3 is 2.54 bits per heavy atom. The maximum atomic E-state index is 11.9. The molecule has 0 aromatic heterocycles. The van der Waals surface area contributed by atoms with E-state index < -0.39 is 5.60 Å². The van der Waals surface area contributed by atoms with E-state index in [1.807, 2.05) is 20.8 Å². The number of guanidine groups is 1. The van der Waals surface area contributed by atoms with Gasteiger partial charge >= 0.3 is 6.09 Å². The van der Waals surface area contributed by atoms with E-state index in [4.69, 9.17) is 9.47 Å². The highest BCUT2D eigenvalue weighted by atomic mass is 16.6. The van der Waals surface area contributed by atoms with Gasteiger partial charge < -0.3 is 25.0 Å². The van der Waals surface area contributed by atoms with E-state index in [1.165, 1.54) is 0 Å². The average molecular weight is 342 g/mol. The molecule has 1 saturated heterocycles. The van der Waals surface area contributed by atoms with E-state index in [0.29, 0.717) is 19.0 Å². The van der Waals surface area contributed by atoms with Crippen molar-refractivity contribution >= 4 is 12.1 Å². The van der Waals surface area contributed by atoms with Crippen LogP contribution in [0.1, 0.15) is 41.0 Å². The van der Waals surface area contributed by atoms with Gasteiger partial charge in [-0.1, -0.05) is 13.8 Å². The first-order valence-electron chi connectivity index (χ1n) is 8.74. The number of nitrogens with zero attached hydrogens (tertiary/aromatic N) is 2. The highest BCUT2D eigenvalue weighted by Gasteiger charge is 2.34. The van der Waals surface area contributed by atoms with Gasteiger partial charge in [-0.3, -0.25) is 4.99 Å². The fraction of sp³-hybridized carbons (Fsp3) is 0.882. The highest BCUT2D eigenvalue weighted by Crippen LogP contribution is 2.15. The summed E-state index contributed by atoms with van der Waals surface area (Å²) in [6.07, 6.45) is 0.674. The van der Waals surface area contributed by atoms with Crippen molar-refractivity contribution in [2.24, 2.45) is 10.9 Å². The fourth-order valence-corrected chi connectivity index (χ4v) is 2.13. The molecule has 0 spiro atoms. The second-order valence-electron chi connectivity index (χ2n) is 7.55. The summed E-state index contributed by atoms with van der Waals surface area (Å²) in [6.45, 7) is 13.5. The predicted octanol–water partition coefficient (Wildman–Crippen LogP) is 1.83. The van der Waals surface area contributed by atoms with Crippen molar-refractivity contribution in [3.8, 4) is 0 Å². The van der Waals surface area contributed by atoms with Gasteiger partial charge in [-0.15, -0.1) is 0 Å². The monoisotopic (exact) mass is 342 g/mol. The Kier molecular flexibility index (Phi) is 8.31. The Morgan fingerprint density at radius 2 is 2.00 bits per heavy atom. The number of carbonyl (C=O) groups excluding carboxylic acids is 1. The molecule has 7 nitrogen and oxygen atoms in total. The van der Waals surface area contributed by atoms with Crippen molar-refractivity contribution in [2.45, 2.75) is 52.7 Å². The zero-order chi connectivity index (χ0) is 18.2. The summed E-state index contributed by atoms with van der Waals surface area (Å²) in [4.78, 5) is 17.8. The molecule has 0 aromatic rings. The van der Waals surface area contributed by atoms with Crippen LogP contribution in [-0.2, 0) is 9.47 Å². The number of hydrogen-bond acceptors (Lipinski definition) is 4. The number of aliphatic imine (C=N–C) groups is 1. The van der Waals surface area contributed by atoms with Crippen molar-refractivity contribution in [2.75, 3.05) is 39.9 Å². The Balaban J connectivity index is 2.14. The third-order valence-electron chi connectivity index (χ3n) is 3.31. The Bertz CT molecular complexity index is 413. The number of ether oxygens (including phenoxy) is 2. The van der Waals surface area contributed by atoms with Crippen molar-refractivity contribution in [3.63, 3.8) is 0 Å². The predicted molar refractivity (Wildman–Crippen MR) is 96.4 cm³/mol. The number of amides is 1. The molecule has 0 aliphatic carbocycles. The maximum absolute atomic E-state index is 11.9. The standard InChI is InChI=1S/C17H34N4O3/c1-13(2)12-23-9-7-8-19-15(18-6)20-14-10-21(11-14)16(22)24-17(3,4)5/h13-14H,7-12H2,1-6H3,(H2,18,19,20). The third-order valence-corrected chi connectivity index (χ3v) is 3.31. The molecule has 140 valence electrons. The minimum Gasteiger partial charge on any atom is -0.444 e. The zero-order valence-electron chi connectivity index (χ0n) is 16.0. The quantitative estimate of drug-likeness (QED) is 0.419. The van der Waals surface area contributed by atoms with E-state index >= 15 is 0 Å². The Labute approximate surface area is 146 Å². The minimum absolute atomic E-state index is 0.209. The molecule has 0 aromatic carbocycles. The first kappa shape index (κ1) is 20.5. The molecule has 0 saturated carbocycles. The van der Waals surface area contributed by atoms with Crippen LogP contribution in [0.4, 0.5) is 4.79 Å². The number of carbonyl (C=O) groups is 1. The topological polar surface area (TPSA) is 75.2 Å². The molecular formula is C17H34N4O3. The molecule has 2 N–H and O–H groups in total. The molecule has 1 amide bonds. The van der Waals surface area contributed by atoms with Crippen LogP contribution < -0.4 is 10.6 Å². The summed E-state index contributed by atoms with van der Waals surface area (Å²) < 4.78 is 10.9. The first-order chi connectivity index (χ1) is 11.2. The summed E-state index contributed by atoms with van der Waals surface area (Å²) >= 11 is 0. The Hall–Kier alpha value is -1.50. The molecule has 1 heterocycles. The molecule has 1 rings (SSSR count). The van der Waals surface area contributed by atoms with Crippen molar-refractivity contribution in [1.29, 1.82) is 0 Å². The third kappa shape index (κ3) is 8.38. The van der Waals surface area contributed by atoms with Crippen LogP contribution in [0.25, 0.3) is 0 Å². The van der Waals surface area contributed by atoms with Gasteiger partial charge in [0.15, 0.2) is 5.96 Å². The van der Waals surface area contributed by atoms with E-state index in [1.54, 1.807) is 11.9 Å². The molecule has 0 atom stereocenters. The van der Waals surface area contributed by atoms with Crippen molar-refractivity contribution in [3.05, 3.63) is 0 Å². The summed E-state index contributed by atoms with van der Waals surface area (Å²) in [7, 11) is 1.74. The maximum Gasteiger partial charge on any atom is 0.410 e. The molecule has 24 heavy (non-hydrogen) atoms. The van der Waals surface area contributed by atoms with E-state index in [-0.39, 0.29) is 12.1 Å². The molecule has 7 heteroatoms. The summed E-state index contributed by atoms with van der Waals surface area (Å²) in [5.74, 6) is 1.33. The molecule has 1 aliphatic heterocycles. The van der Waals surface area contributed by atoms with Gasteiger partial charge in [-0.25, -0.2) is 4.79 Å². The van der Waals surface area contributed by atoms with Gasteiger partial charge in [0.1, 0.15) is 5.60 Å². The molecule has 0 bridgehead atoms. The Morgan fingerprint density at radius 1 is 1.33 bits per heavy atom. The largest absolute Gasteiger partial charge is 0.444 e. The lowest BCUT2D eigenvalue weighted by Gasteiger charge is -2.40. The molecule has 1 fully saturated rings. The molecule has 0 radical (unpaired) electrons. The van der Waals surface area contributed by atoms with Gasteiger partial charge in [0.2, 0.25) is 0 Å². The molecular weight excluding hydrogens is 308 g/mol. The first-order valence-corrected chi connectivity index (χ1v) is 8.74. The minimum atomic E-state index is -0.454. The number of nitrogens with one attached hydrogen (secondary N) is 2. The second kappa shape index (κ2) is 9.71. The van der Waals surface area contributed by atoms with Crippen LogP contribution in [0.3, 0.4) is 0 Å². The second-order valence-corrected chi connectivity index (χ2v) is 7.55. The van der Waals surface area contributed by atoms with Crippen molar-refractivity contribution in [1.82, 2.24) is 15.5 Å². The lowest BCUT2D eigenvalue weighted by molar-refractivity contribution is 0.00700. The van der Waals surface area contributed by atoms with Crippen LogP contribution in [-0.4, -0.2) is 68.5 Å². The molecule has 0 unspecified atom stereocenters. The normalized spacial score (nSPS) is 16.1. The van der Waals surface area contributed by atoms with E-state index in [0.717, 1.165) is 32.1 Å². The summed E-state index contributed by atoms with van der Waals surface area (Å²) in [5.41, 5.74) is -0.454. The zero-order valence-corrected chi connectivity index (χ0v) is 16.0. The van der Waals surface area contributed by atoms with Crippen molar-refractivity contribution < 1.29 is 14.3 Å². The van der Waals surface area contributed by atoms with Crippen LogP contribution >= 0.6 is 0 Å². The lowest BCUT2D eigenvalue weighted by Crippen LogP contribution is -2.63. The summed E-state index contributed by atoms with van der Waals surface area (Å²) in [5, 5.41) is 6.57. The van der Waals surface area contributed by atoms with Crippen LogP contribution in [0, 0.1) is 5.92 Å². The average Bonchev–Trinajstić information content (AvgIpc) is 2.41. The van der Waals surface area contributed by atoms with Gasteiger partial charge in [0, 0.05) is 39.9 Å². The van der Waals surface area contributed by atoms with E-state index in [2.05, 4.69) is 29.5 Å². The van der Waals surface area contributed by atoms with Crippen LogP contribution in [0.15, 0.2) is 4.99 Å². The SMILES string of the molecule is CN=C(NCCCOCC(C)C)NC1CN(C(=O)OC(C)(C)C)C1. The van der Waals surface area contributed by atoms with Crippen LogP contribution in [0.2, 0.25) is 0 Å². The number of hydrogen-bond donors (Lipinski definition) is 2. The highest BCUT2D eigenvalue weighted by molar-refractivity contribution is 5.80. The van der Waals surface area contributed by atoms with Gasteiger partial charge in [-0.2, -0.15) is 0 Å².